The lowest BCUT2D eigenvalue weighted by molar-refractivity contribution is 0.253. The molecule has 186 valence electrons. The number of amides is 2. The Morgan fingerprint density at radius 1 is 0.892 bits per heavy atom. The molecule has 0 aliphatic carbocycles. The molecule has 1 unspecified atom stereocenters. The maximum Gasteiger partial charge on any atom is 0.325 e. The molecule has 2 amide bonds. The number of anilines is 1. The van der Waals surface area contributed by atoms with Crippen LogP contribution in [0, 0.1) is 0 Å². The van der Waals surface area contributed by atoms with E-state index in [1.807, 2.05) is 89.7 Å². The van der Waals surface area contributed by atoms with Crippen molar-refractivity contribution in [2.45, 2.75) is 11.9 Å². The number of nitrogens with two attached hydrogens (primary N) is 2. The van der Waals surface area contributed by atoms with Gasteiger partial charge in [-0.3, -0.25) is 4.98 Å². The first-order valence-electron chi connectivity index (χ1n) is 11.6. The molecule has 0 radical (unpaired) electrons. The number of para-hydroxylation sites is 1. The van der Waals surface area contributed by atoms with Crippen LogP contribution in [0.1, 0.15) is 27.8 Å². The zero-order valence-corrected chi connectivity index (χ0v) is 20.6. The van der Waals surface area contributed by atoms with Crippen LogP contribution in [0.2, 0.25) is 0 Å². The van der Waals surface area contributed by atoms with Crippen molar-refractivity contribution < 1.29 is 13.2 Å². The molecule has 5 rings (SSSR count). The summed E-state index contributed by atoms with van der Waals surface area (Å²) in [5, 5.41) is -1.31. The highest BCUT2D eigenvalue weighted by Gasteiger charge is 2.41. The van der Waals surface area contributed by atoms with Gasteiger partial charge in [-0.2, -0.15) is 0 Å². The van der Waals surface area contributed by atoms with E-state index in [0.717, 1.165) is 11.1 Å². The molecule has 0 fully saturated rings. The van der Waals surface area contributed by atoms with Gasteiger partial charge in [0.2, 0.25) is 0 Å². The molecule has 3 aromatic carbocycles. The molecule has 1 aliphatic heterocycles. The average molecular weight is 512 g/mol. The molecular formula is C28H25N5O3S. The van der Waals surface area contributed by atoms with Gasteiger partial charge in [0.25, 0.3) is 10.0 Å². The Morgan fingerprint density at radius 2 is 1.59 bits per heavy atom. The number of sulfonamides is 1. The summed E-state index contributed by atoms with van der Waals surface area (Å²) in [6.45, 7) is 0.133. The van der Waals surface area contributed by atoms with Crippen molar-refractivity contribution in [3.63, 3.8) is 0 Å². The topological polar surface area (TPSA) is 131 Å². The highest BCUT2D eigenvalue weighted by Crippen LogP contribution is 2.46. The fourth-order valence-electron chi connectivity index (χ4n) is 4.68. The number of benzene rings is 3. The number of nitrogens with zero attached hydrogens (tertiary/aromatic N) is 2. The Kier molecular flexibility index (Phi) is 6.37. The fourth-order valence-corrected chi connectivity index (χ4v) is 6.17. The maximum absolute atomic E-state index is 13.9. The summed E-state index contributed by atoms with van der Waals surface area (Å²) >= 11 is 0. The number of carbonyl (C=O) groups is 1. The lowest BCUT2D eigenvalue weighted by atomic mass is 9.90. The molecule has 0 spiro atoms. The van der Waals surface area contributed by atoms with Crippen LogP contribution in [-0.4, -0.2) is 24.3 Å². The summed E-state index contributed by atoms with van der Waals surface area (Å²) < 4.78 is 29.7. The third kappa shape index (κ3) is 4.76. The Balaban J connectivity index is 1.82. The zero-order chi connectivity index (χ0) is 26.0. The fraction of sp³-hybridized carbons (Fsp3) is 0.0714. The summed E-state index contributed by atoms with van der Waals surface area (Å²) in [4.78, 5) is 18.0. The van der Waals surface area contributed by atoms with Crippen LogP contribution in [0.25, 0.3) is 22.9 Å². The van der Waals surface area contributed by atoms with E-state index in [1.54, 1.807) is 23.2 Å². The number of hydrogen-bond donors (Lipinski definition) is 3. The second-order valence-corrected chi connectivity index (χ2v) is 10.3. The number of pyridine rings is 1. The molecule has 0 bridgehead atoms. The molecule has 37 heavy (non-hydrogen) atoms. The molecule has 8 nitrogen and oxygen atoms in total. The highest BCUT2D eigenvalue weighted by molar-refractivity contribution is 7.90. The first kappa shape index (κ1) is 24.1. The lowest BCUT2D eigenvalue weighted by Gasteiger charge is -2.40. The standard InChI is InChI=1S/C28H25N5O3S/c29-24-15-5-4-13-23(24)25-17-20-11-8-14-22(19-9-2-1-3-10-19)26(20)27(37(35,36)32-28(30)34)33(25)18-21-12-6-7-16-31-21/h1-17,27H,18,29H2,(H3,30,32,34). The summed E-state index contributed by atoms with van der Waals surface area (Å²) in [6.07, 6.45) is 3.57. The predicted molar refractivity (Wildman–Crippen MR) is 145 cm³/mol. The van der Waals surface area contributed by atoms with Gasteiger partial charge in [0.05, 0.1) is 12.2 Å². The molecule has 0 saturated carbocycles. The second-order valence-electron chi connectivity index (χ2n) is 8.60. The Morgan fingerprint density at radius 3 is 2.30 bits per heavy atom. The van der Waals surface area contributed by atoms with Crippen LogP contribution in [0.5, 0.6) is 0 Å². The van der Waals surface area contributed by atoms with Gasteiger partial charge >= 0.3 is 6.03 Å². The van der Waals surface area contributed by atoms with Crippen molar-refractivity contribution in [3.05, 3.63) is 120 Å². The molecule has 5 N–H and O–H groups in total. The van der Waals surface area contributed by atoms with Crippen molar-refractivity contribution in [1.82, 2.24) is 14.6 Å². The van der Waals surface area contributed by atoms with Crippen molar-refractivity contribution >= 4 is 33.5 Å². The minimum atomic E-state index is -4.36. The van der Waals surface area contributed by atoms with E-state index in [1.165, 1.54) is 0 Å². The van der Waals surface area contributed by atoms with Crippen molar-refractivity contribution in [2.24, 2.45) is 5.73 Å². The number of primary amides is 1. The van der Waals surface area contributed by atoms with E-state index >= 15 is 0 Å². The number of urea groups is 1. The second kappa shape index (κ2) is 9.79. The van der Waals surface area contributed by atoms with Crippen molar-refractivity contribution in [1.29, 1.82) is 0 Å². The Hall–Kier alpha value is -4.63. The number of nitrogens with one attached hydrogen (secondary N) is 1. The van der Waals surface area contributed by atoms with Gasteiger partial charge < -0.3 is 16.4 Å². The number of hydrogen-bond acceptors (Lipinski definition) is 6. The third-order valence-electron chi connectivity index (χ3n) is 6.19. The third-order valence-corrected chi connectivity index (χ3v) is 7.75. The van der Waals surface area contributed by atoms with Crippen LogP contribution in [0.3, 0.4) is 0 Å². The maximum atomic E-state index is 13.9. The SMILES string of the molecule is NC(=O)NS(=O)(=O)C1c2c(cccc2-c2ccccc2)C=C(c2ccccc2N)N1Cc1ccccn1. The monoisotopic (exact) mass is 511 g/mol. The molecule has 1 atom stereocenters. The van der Waals surface area contributed by atoms with Gasteiger partial charge in [-0.05, 0) is 41.0 Å². The number of aromatic nitrogens is 1. The largest absolute Gasteiger partial charge is 0.398 e. The van der Waals surface area contributed by atoms with E-state index in [4.69, 9.17) is 11.5 Å². The van der Waals surface area contributed by atoms with Crippen LogP contribution in [0.4, 0.5) is 10.5 Å². The van der Waals surface area contributed by atoms with Crippen LogP contribution < -0.4 is 16.2 Å². The lowest BCUT2D eigenvalue weighted by Crippen LogP contribution is -2.45. The molecule has 2 heterocycles. The van der Waals surface area contributed by atoms with E-state index in [9.17, 15) is 13.2 Å². The summed E-state index contributed by atoms with van der Waals surface area (Å²) in [7, 11) is -4.36. The van der Waals surface area contributed by atoms with Crippen LogP contribution in [0.15, 0.2) is 97.2 Å². The van der Waals surface area contributed by atoms with Crippen molar-refractivity contribution in [2.75, 3.05) is 5.73 Å². The zero-order valence-electron chi connectivity index (χ0n) is 19.8. The van der Waals surface area contributed by atoms with Gasteiger partial charge in [-0.25, -0.2) is 17.9 Å². The van der Waals surface area contributed by atoms with Crippen molar-refractivity contribution in [3.8, 4) is 11.1 Å². The van der Waals surface area contributed by atoms with Gasteiger partial charge in [0, 0.05) is 28.7 Å². The van der Waals surface area contributed by atoms with E-state index in [-0.39, 0.29) is 6.54 Å². The Bertz CT molecular complexity index is 1590. The molecular weight excluding hydrogens is 486 g/mol. The van der Waals surface area contributed by atoms with Gasteiger partial charge in [-0.1, -0.05) is 72.8 Å². The molecule has 9 heteroatoms. The molecule has 1 aromatic heterocycles. The number of carbonyl (C=O) groups excluding carboxylic acids is 1. The first-order chi connectivity index (χ1) is 17.8. The van der Waals surface area contributed by atoms with E-state index in [2.05, 4.69) is 4.98 Å². The highest BCUT2D eigenvalue weighted by atomic mass is 32.2. The summed E-state index contributed by atoms with van der Waals surface area (Å²) in [5.74, 6) is 0. The predicted octanol–water partition coefficient (Wildman–Crippen LogP) is 4.34. The summed E-state index contributed by atoms with van der Waals surface area (Å²) in [5.41, 5.74) is 16.8. The van der Waals surface area contributed by atoms with Gasteiger partial charge in [0.15, 0.2) is 5.37 Å². The van der Waals surface area contributed by atoms with Crippen LogP contribution in [-0.2, 0) is 16.6 Å². The quantitative estimate of drug-likeness (QED) is 0.330. The Labute approximate surface area is 215 Å². The molecule has 1 aliphatic rings. The number of nitrogen functional groups attached to an aromatic ring is 1. The normalized spacial score (nSPS) is 15.0. The number of fused-ring (bicyclic) bond motifs is 1. The van der Waals surface area contributed by atoms with E-state index < -0.39 is 21.4 Å². The van der Waals surface area contributed by atoms with Crippen LogP contribution >= 0.6 is 0 Å². The molecule has 4 aromatic rings. The number of rotatable bonds is 6. The van der Waals surface area contributed by atoms with E-state index in [0.29, 0.717) is 33.8 Å². The van der Waals surface area contributed by atoms with Gasteiger partial charge in [0.1, 0.15) is 0 Å². The molecule has 0 saturated heterocycles. The minimum Gasteiger partial charge on any atom is -0.398 e. The minimum absolute atomic E-state index is 0.133. The van der Waals surface area contributed by atoms with Gasteiger partial charge in [-0.15, -0.1) is 0 Å². The first-order valence-corrected chi connectivity index (χ1v) is 13.1. The smallest absolute Gasteiger partial charge is 0.325 e. The average Bonchev–Trinajstić information content (AvgIpc) is 2.88. The summed E-state index contributed by atoms with van der Waals surface area (Å²) in [6, 6.07) is 26.6.